The minimum Gasteiger partial charge on any atom is -0.331 e. The molecule has 0 saturated carbocycles. The molecular weight excluding hydrogens is 320 g/mol. The van der Waals surface area contributed by atoms with Crippen LogP contribution in [0.1, 0.15) is 42.9 Å². The van der Waals surface area contributed by atoms with E-state index in [9.17, 15) is 4.79 Å². The Morgan fingerprint density at radius 1 is 0.846 bits per heavy atom. The van der Waals surface area contributed by atoms with Gasteiger partial charge in [-0.1, -0.05) is 67.1 Å². The van der Waals surface area contributed by atoms with Crippen molar-refractivity contribution in [3.8, 4) is 0 Å². The quantitative estimate of drug-likeness (QED) is 0.806. The standard InChI is InChI=1S/C23H28N2O/c26-22-16-21(18-24-14-8-3-9-15-24)23(20-12-6-2-7-13-20)25(22)17-19-10-4-1-5-11-19/h1-2,4-7,10-13,21,23H,3,8-9,14-18H2/t21-,23-/m1/s1. The first-order chi connectivity index (χ1) is 12.8. The maximum atomic E-state index is 12.9. The van der Waals surface area contributed by atoms with E-state index in [1.54, 1.807) is 0 Å². The number of benzene rings is 2. The summed E-state index contributed by atoms with van der Waals surface area (Å²) in [6, 6.07) is 21.2. The van der Waals surface area contributed by atoms with E-state index in [4.69, 9.17) is 0 Å². The van der Waals surface area contributed by atoms with E-state index in [2.05, 4.69) is 64.4 Å². The number of amides is 1. The van der Waals surface area contributed by atoms with Crippen LogP contribution >= 0.6 is 0 Å². The average molecular weight is 348 g/mol. The van der Waals surface area contributed by atoms with E-state index in [0.29, 0.717) is 24.8 Å². The second-order valence-corrected chi connectivity index (χ2v) is 7.69. The van der Waals surface area contributed by atoms with Crippen molar-refractivity contribution in [2.75, 3.05) is 19.6 Å². The molecule has 2 aliphatic rings. The van der Waals surface area contributed by atoms with Crippen molar-refractivity contribution < 1.29 is 4.79 Å². The molecule has 26 heavy (non-hydrogen) atoms. The summed E-state index contributed by atoms with van der Waals surface area (Å²) in [5.74, 6) is 0.677. The topological polar surface area (TPSA) is 23.6 Å². The van der Waals surface area contributed by atoms with Crippen LogP contribution in [0.2, 0.25) is 0 Å². The van der Waals surface area contributed by atoms with Crippen LogP contribution in [0.4, 0.5) is 0 Å². The number of nitrogens with zero attached hydrogens (tertiary/aromatic N) is 2. The highest BCUT2D eigenvalue weighted by molar-refractivity contribution is 5.79. The van der Waals surface area contributed by atoms with Crippen LogP contribution in [-0.4, -0.2) is 35.3 Å². The summed E-state index contributed by atoms with van der Waals surface area (Å²) in [7, 11) is 0. The van der Waals surface area contributed by atoms with Gasteiger partial charge in [0, 0.05) is 25.4 Å². The Kier molecular flexibility index (Phi) is 5.35. The summed E-state index contributed by atoms with van der Waals surface area (Å²) in [6.07, 6.45) is 4.61. The van der Waals surface area contributed by atoms with Crippen LogP contribution in [0.3, 0.4) is 0 Å². The number of rotatable bonds is 5. The Balaban J connectivity index is 1.58. The molecule has 2 heterocycles. The van der Waals surface area contributed by atoms with Crippen LogP contribution < -0.4 is 0 Å². The van der Waals surface area contributed by atoms with Crippen LogP contribution in [0.25, 0.3) is 0 Å². The first-order valence-electron chi connectivity index (χ1n) is 9.92. The van der Waals surface area contributed by atoms with Crippen molar-refractivity contribution in [2.24, 2.45) is 5.92 Å². The van der Waals surface area contributed by atoms with Crippen molar-refractivity contribution in [1.29, 1.82) is 0 Å². The van der Waals surface area contributed by atoms with E-state index in [1.165, 1.54) is 43.5 Å². The van der Waals surface area contributed by atoms with Gasteiger partial charge in [0.1, 0.15) is 0 Å². The van der Waals surface area contributed by atoms with Gasteiger partial charge >= 0.3 is 0 Å². The predicted octanol–water partition coefficient (Wildman–Crippen LogP) is 4.26. The molecule has 0 aromatic heterocycles. The lowest BCUT2D eigenvalue weighted by atomic mass is 9.92. The molecule has 136 valence electrons. The van der Waals surface area contributed by atoms with Crippen LogP contribution in [0, 0.1) is 5.92 Å². The largest absolute Gasteiger partial charge is 0.331 e. The number of likely N-dealkylation sites (tertiary alicyclic amines) is 2. The monoisotopic (exact) mass is 348 g/mol. The molecule has 4 rings (SSSR count). The van der Waals surface area contributed by atoms with Crippen molar-refractivity contribution in [2.45, 2.75) is 38.3 Å². The van der Waals surface area contributed by atoms with Gasteiger partial charge in [0.15, 0.2) is 0 Å². The SMILES string of the molecule is O=C1C[C@H](CN2CCCCC2)[C@@H](c2ccccc2)N1Cc1ccccc1. The summed E-state index contributed by atoms with van der Waals surface area (Å²) in [5, 5.41) is 0. The highest BCUT2D eigenvalue weighted by Gasteiger charge is 2.41. The lowest BCUT2D eigenvalue weighted by Crippen LogP contribution is -2.36. The molecule has 3 heteroatoms. The normalized spacial score (nSPS) is 24.2. The number of carbonyl (C=O) groups is 1. The molecule has 2 aliphatic heterocycles. The molecule has 2 aromatic carbocycles. The van der Waals surface area contributed by atoms with Gasteiger partial charge in [-0.25, -0.2) is 0 Å². The second-order valence-electron chi connectivity index (χ2n) is 7.69. The Bertz CT molecular complexity index is 710. The molecule has 0 N–H and O–H groups in total. The molecule has 1 amide bonds. The van der Waals surface area contributed by atoms with Crippen LogP contribution in [-0.2, 0) is 11.3 Å². The maximum Gasteiger partial charge on any atom is 0.223 e. The third-order valence-electron chi connectivity index (χ3n) is 5.82. The highest BCUT2D eigenvalue weighted by Crippen LogP contribution is 2.39. The Morgan fingerprint density at radius 2 is 1.50 bits per heavy atom. The molecule has 0 unspecified atom stereocenters. The molecule has 2 saturated heterocycles. The number of piperidine rings is 1. The van der Waals surface area contributed by atoms with Crippen molar-refractivity contribution >= 4 is 5.91 Å². The van der Waals surface area contributed by atoms with Crippen molar-refractivity contribution in [3.05, 3.63) is 71.8 Å². The van der Waals surface area contributed by atoms with E-state index in [0.717, 1.165) is 6.54 Å². The number of carbonyl (C=O) groups excluding carboxylic acids is 1. The molecule has 0 bridgehead atoms. The van der Waals surface area contributed by atoms with Gasteiger partial charge in [0.2, 0.25) is 5.91 Å². The number of hydrogen-bond acceptors (Lipinski definition) is 2. The van der Waals surface area contributed by atoms with Gasteiger partial charge in [0.25, 0.3) is 0 Å². The summed E-state index contributed by atoms with van der Waals surface area (Å²) in [4.78, 5) is 17.6. The third kappa shape index (κ3) is 3.83. The molecule has 3 nitrogen and oxygen atoms in total. The van der Waals surface area contributed by atoms with Gasteiger partial charge in [-0.05, 0) is 37.1 Å². The molecule has 0 radical (unpaired) electrons. The first-order valence-corrected chi connectivity index (χ1v) is 9.92. The fourth-order valence-electron chi connectivity index (χ4n) is 4.57. The molecular formula is C23H28N2O. The smallest absolute Gasteiger partial charge is 0.223 e. The minimum absolute atomic E-state index is 0.186. The fourth-order valence-corrected chi connectivity index (χ4v) is 4.57. The molecule has 2 fully saturated rings. The zero-order valence-corrected chi connectivity index (χ0v) is 15.4. The lowest BCUT2D eigenvalue weighted by Gasteiger charge is -2.33. The van der Waals surface area contributed by atoms with Crippen molar-refractivity contribution in [1.82, 2.24) is 9.80 Å². The Morgan fingerprint density at radius 3 is 2.19 bits per heavy atom. The first kappa shape index (κ1) is 17.3. The predicted molar refractivity (Wildman–Crippen MR) is 105 cm³/mol. The zero-order chi connectivity index (χ0) is 17.8. The van der Waals surface area contributed by atoms with Crippen LogP contribution in [0.5, 0.6) is 0 Å². The summed E-state index contributed by atoms with van der Waals surface area (Å²) >= 11 is 0. The van der Waals surface area contributed by atoms with Gasteiger partial charge in [-0.15, -0.1) is 0 Å². The average Bonchev–Trinajstić information content (AvgIpc) is 2.99. The minimum atomic E-state index is 0.186. The maximum absolute atomic E-state index is 12.9. The van der Waals surface area contributed by atoms with Gasteiger partial charge in [0.05, 0.1) is 6.04 Å². The van der Waals surface area contributed by atoms with E-state index < -0.39 is 0 Å². The van der Waals surface area contributed by atoms with Gasteiger partial charge < -0.3 is 9.80 Å². The van der Waals surface area contributed by atoms with Crippen molar-refractivity contribution in [3.63, 3.8) is 0 Å². The molecule has 0 spiro atoms. The number of hydrogen-bond donors (Lipinski definition) is 0. The third-order valence-corrected chi connectivity index (χ3v) is 5.82. The summed E-state index contributed by atoms with van der Waals surface area (Å²) in [6.45, 7) is 4.11. The van der Waals surface area contributed by atoms with E-state index >= 15 is 0 Å². The summed E-state index contributed by atoms with van der Waals surface area (Å²) < 4.78 is 0. The molecule has 0 aliphatic carbocycles. The second kappa shape index (κ2) is 8.05. The molecule has 2 aromatic rings. The van der Waals surface area contributed by atoms with Crippen LogP contribution in [0.15, 0.2) is 60.7 Å². The zero-order valence-electron chi connectivity index (χ0n) is 15.4. The van der Waals surface area contributed by atoms with E-state index in [1.807, 2.05) is 6.07 Å². The fraction of sp³-hybridized carbons (Fsp3) is 0.435. The Labute approximate surface area is 156 Å². The highest BCUT2D eigenvalue weighted by atomic mass is 16.2. The molecule has 2 atom stereocenters. The lowest BCUT2D eigenvalue weighted by molar-refractivity contribution is -0.129. The summed E-state index contributed by atoms with van der Waals surface area (Å²) in [5.41, 5.74) is 2.48. The van der Waals surface area contributed by atoms with E-state index in [-0.39, 0.29) is 6.04 Å². The van der Waals surface area contributed by atoms with Gasteiger partial charge in [-0.3, -0.25) is 4.79 Å². The van der Waals surface area contributed by atoms with Gasteiger partial charge in [-0.2, -0.15) is 0 Å². The Hall–Kier alpha value is -2.13.